The summed E-state index contributed by atoms with van der Waals surface area (Å²) in [6, 6.07) is 1.46. The van der Waals surface area contributed by atoms with E-state index in [9.17, 15) is 48.3 Å². The Kier molecular flexibility index (Phi) is 14.2. The van der Waals surface area contributed by atoms with Gasteiger partial charge in [-0.3, -0.25) is 38.4 Å². The lowest BCUT2D eigenvalue weighted by Crippen LogP contribution is -2.59. The molecule has 7 atom stereocenters. The lowest BCUT2D eigenvalue weighted by atomic mass is 10.0. The first-order valence-corrected chi connectivity index (χ1v) is 19.6. The van der Waals surface area contributed by atoms with Crippen molar-refractivity contribution < 1.29 is 48.3 Å². The SMILES string of the molecule is NC(=O)CC[C@H](NC(=O)[C@@H](N)Cc1ccccc1)C(=O)N1CCC[C@H]1C(=O)N1CCC[C@H]1C(=O)N1CCC[C@H]1C(=O)N[C@@H](CC(N)=O)C(=O)N1CCC[C@H]1C(=O)O. The summed E-state index contributed by atoms with van der Waals surface area (Å²) < 4.78 is 0. The van der Waals surface area contributed by atoms with Gasteiger partial charge in [-0.25, -0.2) is 4.79 Å². The highest BCUT2D eigenvalue weighted by atomic mass is 16.4. The van der Waals surface area contributed by atoms with Crippen LogP contribution in [-0.2, 0) is 49.6 Å². The second-order valence-corrected chi connectivity index (χ2v) is 15.2. The molecule has 19 heteroatoms. The molecule has 0 aromatic heterocycles. The number of hydrogen-bond acceptors (Lipinski definition) is 10. The Morgan fingerprint density at radius 2 is 1.14 bits per heavy atom. The van der Waals surface area contributed by atoms with Crippen LogP contribution >= 0.6 is 0 Å². The van der Waals surface area contributed by atoms with Crippen LogP contribution in [0.1, 0.15) is 76.2 Å². The zero-order chi connectivity index (χ0) is 41.4. The molecular formula is C38H53N9O10. The minimum absolute atomic E-state index is 0.108. The van der Waals surface area contributed by atoms with Crippen LogP contribution in [0.4, 0.5) is 0 Å². The van der Waals surface area contributed by atoms with E-state index < -0.39 is 102 Å². The molecule has 19 nitrogen and oxygen atoms in total. The number of carboxylic acids is 1. The van der Waals surface area contributed by atoms with Gasteiger partial charge in [0, 0.05) is 32.6 Å². The molecule has 5 rings (SSSR count). The van der Waals surface area contributed by atoms with Crippen molar-refractivity contribution in [2.75, 3.05) is 26.2 Å². The normalized spacial score (nSPS) is 23.5. The van der Waals surface area contributed by atoms with E-state index in [1.165, 1.54) is 14.7 Å². The van der Waals surface area contributed by atoms with Crippen molar-refractivity contribution in [2.45, 2.75) is 119 Å². The van der Waals surface area contributed by atoms with E-state index in [1.54, 1.807) is 0 Å². The summed E-state index contributed by atoms with van der Waals surface area (Å²) in [7, 11) is 0. The van der Waals surface area contributed by atoms with Gasteiger partial charge in [-0.15, -0.1) is 0 Å². The van der Waals surface area contributed by atoms with Crippen molar-refractivity contribution in [1.29, 1.82) is 0 Å². The standard InChI is InChI=1S/C38H53N9O10/c39-23(20-22-8-2-1-3-9-22)32(50)42-24(14-15-30(40)48)34(52)45-17-5-11-27(45)37(55)46-18-6-12-28(46)36(54)44-16-4-10-26(44)33(51)43-25(21-31(41)49)35(53)47-19-7-13-29(47)38(56)57/h1-3,8-9,23-29H,4-7,10-21,39H2,(H2,40,48)(H2,41,49)(H,42,50)(H,43,51)(H,56,57)/t23-,24-,25-,26-,27-,28-,29-/m0/s1. The summed E-state index contributed by atoms with van der Waals surface area (Å²) in [5.74, 6) is -6.33. The monoisotopic (exact) mass is 795 g/mol. The van der Waals surface area contributed by atoms with Crippen molar-refractivity contribution in [2.24, 2.45) is 17.2 Å². The third-order valence-electron chi connectivity index (χ3n) is 11.3. The number of aliphatic carboxylic acids is 1. The minimum atomic E-state index is -1.43. The maximum atomic E-state index is 14.2. The van der Waals surface area contributed by atoms with E-state index in [1.807, 2.05) is 30.3 Å². The molecule has 4 heterocycles. The second kappa shape index (κ2) is 19.0. The van der Waals surface area contributed by atoms with Crippen molar-refractivity contribution >= 4 is 53.2 Å². The second-order valence-electron chi connectivity index (χ2n) is 15.2. The first-order chi connectivity index (χ1) is 27.2. The van der Waals surface area contributed by atoms with E-state index in [0.29, 0.717) is 38.5 Å². The molecule has 4 aliphatic rings. The molecule has 310 valence electrons. The van der Waals surface area contributed by atoms with Crippen LogP contribution < -0.4 is 27.8 Å². The Hall–Kier alpha value is -5.59. The molecule has 0 spiro atoms. The van der Waals surface area contributed by atoms with Gasteiger partial charge in [-0.05, 0) is 69.8 Å². The van der Waals surface area contributed by atoms with Crippen molar-refractivity contribution in [1.82, 2.24) is 30.2 Å². The lowest BCUT2D eigenvalue weighted by Gasteiger charge is -2.35. The zero-order valence-corrected chi connectivity index (χ0v) is 31.9. The summed E-state index contributed by atoms with van der Waals surface area (Å²) in [5, 5.41) is 14.8. The summed E-state index contributed by atoms with van der Waals surface area (Å²) in [6.45, 7) is 0.754. The number of nitrogens with two attached hydrogens (primary N) is 3. The van der Waals surface area contributed by atoms with Gasteiger partial charge in [0.15, 0.2) is 0 Å². The predicted molar refractivity (Wildman–Crippen MR) is 201 cm³/mol. The molecule has 4 fully saturated rings. The van der Waals surface area contributed by atoms with Gasteiger partial charge >= 0.3 is 5.97 Å². The Bertz CT molecular complexity index is 1730. The quantitative estimate of drug-likeness (QED) is 0.104. The molecule has 57 heavy (non-hydrogen) atoms. The van der Waals surface area contributed by atoms with Gasteiger partial charge < -0.3 is 52.5 Å². The molecule has 9 N–H and O–H groups in total. The molecular weight excluding hydrogens is 742 g/mol. The average molecular weight is 796 g/mol. The molecule has 0 bridgehead atoms. The van der Waals surface area contributed by atoms with Gasteiger partial charge in [-0.2, -0.15) is 0 Å². The fourth-order valence-corrected chi connectivity index (χ4v) is 8.40. The predicted octanol–water partition coefficient (Wildman–Crippen LogP) is -2.28. The van der Waals surface area contributed by atoms with Gasteiger partial charge in [0.25, 0.3) is 0 Å². The molecule has 0 radical (unpaired) electrons. The van der Waals surface area contributed by atoms with Crippen LogP contribution in [-0.4, -0.2) is 146 Å². The number of likely N-dealkylation sites (tertiary alicyclic amines) is 4. The van der Waals surface area contributed by atoms with E-state index in [4.69, 9.17) is 17.2 Å². The Morgan fingerprint density at radius 1 is 0.649 bits per heavy atom. The number of primary amides is 2. The fraction of sp³-hybridized carbons (Fsp3) is 0.605. The van der Waals surface area contributed by atoms with E-state index in [-0.39, 0.29) is 58.3 Å². The smallest absolute Gasteiger partial charge is 0.326 e. The third-order valence-corrected chi connectivity index (χ3v) is 11.3. The maximum absolute atomic E-state index is 14.2. The van der Waals surface area contributed by atoms with E-state index >= 15 is 0 Å². The Morgan fingerprint density at radius 3 is 1.70 bits per heavy atom. The number of rotatable bonds is 16. The molecule has 0 unspecified atom stereocenters. The lowest BCUT2D eigenvalue weighted by molar-refractivity contribution is -0.152. The van der Waals surface area contributed by atoms with Crippen LogP contribution in [0.25, 0.3) is 0 Å². The van der Waals surface area contributed by atoms with Gasteiger partial charge in [-0.1, -0.05) is 30.3 Å². The van der Waals surface area contributed by atoms with Crippen LogP contribution in [0, 0.1) is 0 Å². The number of benzene rings is 1. The van der Waals surface area contributed by atoms with Crippen LogP contribution in [0.5, 0.6) is 0 Å². The number of amides is 8. The largest absolute Gasteiger partial charge is 0.480 e. The summed E-state index contributed by atoms with van der Waals surface area (Å²) in [4.78, 5) is 123. The molecule has 1 aromatic carbocycles. The number of hydrogen-bond donors (Lipinski definition) is 6. The number of nitrogens with zero attached hydrogens (tertiary/aromatic N) is 4. The first-order valence-electron chi connectivity index (χ1n) is 19.6. The fourth-order valence-electron chi connectivity index (χ4n) is 8.40. The number of carbonyl (C=O) groups excluding carboxylic acids is 8. The van der Waals surface area contributed by atoms with Crippen molar-refractivity contribution in [3.63, 3.8) is 0 Å². The summed E-state index contributed by atoms with van der Waals surface area (Å²) in [6.07, 6.45) is 2.25. The number of carboxylic acid groups (broad SMARTS) is 1. The highest BCUT2D eigenvalue weighted by Crippen LogP contribution is 2.29. The number of carbonyl (C=O) groups is 9. The molecule has 4 aliphatic heterocycles. The van der Waals surface area contributed by atoms with Crippen LogP contribution in [0.15, 0.2) is 30.3 Å². The highest BCUT2D eigenvalue weighted by molar-refractivity contribution is 5.98. The van der Waals surface area contributed by atoms with Crippen LogP contribution in [0.2, 0.25) is 0 Å². The van der Waals surface area contributed by atoms with Gasteiger partial charge in [0.2, 0.25) is 47.3 Å². The first kappa shape index (κ1) is 42.6. The van der Waals surface area contributed by atoms with Gasteiger partial charge in [0.05, 0.1) is 12.5 Å². The molecule has 0 aliphatic carbocycles. The summed E-state index contributed by atoms with van der Waals surface area (Å²) in [5.41, 5.74) is 17.8. The van der Waals surface area contributed by atoms with Gasteiger partial charge in [0.1, 0.15) is 36.3 Å². The van der Waals surface area contributed by atoms with Crippen molar-refractivity contribution in [3.05, 3.63) is 35.9 Å². The zero-order valence-electron chi connectivity index (χ0n) is 31.9. The van der Waals surface area contributed by atoms with E-state index in [0.717, 1.165) is 10.5 Å². The molecule has 0 saturated carbocycles. The molecule has 8 amide bonds. The number of nitrogens with one attached hydrogen (secondary N) is 2. The third kappa shape index (κ3) is 10.2. The molecule has 1 aromatic rings. The highest BCUT2D eigenvalue weighted by Gasteiger charge is 2.47. The van der Waals surface area contributed by atoms with E-state index in [2.05, 4.69) is 10.6 Å². The topological polar surface area (TPSA) is 289 Å². The van der Waals surface area contributed by atoms with Crippen LogP contribution in [0.3, 0.4) is 0 Å². The van der Waals surface area contributed by atoms with Crippen molar-refractivity contribution in [3.8, 4) is 0 Å². The summed E-state index contributed by atoms with van der Waals surface area (Å²) >= 11 is 0. The average Bonchev–Trinajstić information content (AvgIpc) is 4.02. The Balaban J connectivity index is 1.26. The molecule has 4 saturated heterocycles. The minimum Gasteiger partial charge on any atom is -0.480 e. The Labute approximate surface area is 329 Å². The maximum Gasteiger partial charge on any atom is 0.326 e.